The van der Waals surface area contributed by atoms with Crippen LogP contribution >= 0.6 is 11.3 Å². The Morgan fingerprint density at radius 2 is 1.41 bits per heavy atom. The molecule has 1 aromatic heterocycles. The van der Waals surface area contributed by atoms with Crippen molar-refractivity contribution < 1.29 is 0 Å². The van der Waals surface area contributed by atoms with E-state index in [0.29, 0.717) is 0 Å². The molecule has 17 heavy (non-hydrogen) atoms. The number of rotatable bonds is 1. The maximum absolute atomic E-state index is 2.29. The van der Waals surface area contributed by atoms with Gasteiger partial charge in [0.1, 0.15) is 0 Å². The summed E-state index contributed by atoms with van der Waals surface area (Å²) < 4.78 is 0. The molecule has 0 amide bonds. The highest BCUT2D eigenvalue weighted by Gasteiger charge is 2.10. The van der Waals surface area contributed by atoms with Crippen LogP contribution in [0.5, 0.6) is 0 Å². The van der Waals surface area contributed by atoms with E-state index in [0.717, 1.165) is 0 Å². The highest BCUT2D eigenvalue weighted by Crippen LogP contribution is 2.36. The van der Waals surface area contributed by atoms with E-state index >= 15 is 0 Å². The molecular formula is C16H14S. The number of hydrogen-bond acceptors (Lipinski definition) is 1. The minimum Gasteiger partial charge on any atom is -0.145 e. The average molecular weight is 238 g/mol. The molecule has 2 aliphatic carbocycles. The predicted molar refractivity (Wildman–Crippen MR) is 75.9 cm³/mol. The zero-order valence-corrected chi connectivity index (χ0v) is 10.8. The van der Waals surface area contributed by atoms with Crippen LogP contribution in [0.25, 0.3) is 22.3 Å². The molecule has 0 aromatic carbocycles. The van der Waals surface area contributed by atoms with Crippen LogP contribution in [0, 0.1) is 13.8 Å². The Labute approximate surface area is 106 Å². The molecule has 0 bridgehead atoms. The lowest BCUT2D eigenvalue weighted by atomic mass is 10.1. The Bertz CT molecular complexity index is 603. The van der Waals surface area contributed by atoms with Crippen molar-refractivity contribution in [2.24, 2.45) is 0 Å². The van der Waals surface area contributed by atoms with E-state index in [2.05, 4.69) is 62.4 Å². The van der Waals surface area contributed by atoms with Crippen LogP contribution in [-0.2, 0) is 0 Å². The SMILES string of the molecule is Cc1cc(-c2cc3cccccc-3c2)c(C)s1. The number of thiophene rings is 1. The van der Waals surface area contributed by atoms with E-state index in [1.54, 1.807) is 0 Å². The standard InChI is InChI=1S/C16H14S/c1-11-8-16(12(2)17-11)15-9-13-6-4-3-5-7-14(13)10-15/h3-10H,1-2H3. The smallest absolute Gasteiger partial charge is 0.00954 e. The van der Waals surface area contributed by atoms with Gasteiger partial charge in [-0.15, -0.1) is 11.3 Å². The first-order valence-electron chi connectivity index (χ1n) is 5.80. The van der Waals surface area contributed by atoms with Gasteiger partial charge in [-0.25, -0.2) is 0 Å². The van der Waals surface area contributed by atoms with Gasteiger partial charge in [-0.3, -0.25) is 0 Å². The summed E-state index contributed by atoms with van der Waals surface area (Å²) in [5.74, 6) is 0. The molecule has 0 radical (unpaired) electrons. The molecule has 0 saturated heterocycles. The second kappa shape index (κ2) is 4.01. The Hall–Kier alpha value is -1.60. The van der Waals surface area contributed by atoms with E-state index < -0.39 is 0 Å². The number of aryl methyl sites for hydroxylation is 2. The minimum atomic E-state index is 1.31. The first-order chi connectivity index (χ1) is 8.24. The second-order valence-corrected chi connectivity index (χ2v) is 5.85. The summed E-state index contributed by atoms with van der Waals surface area (Å²) in [5.41, 5.74) is 5.35. The summed E-state index contributed by atoms with van der Waals surface area (Å²) >= 11 is 1.87. The molecule has 0 spiro atoms. The normalized spacial score (nSPS) is 10.9. The van der Waals surface area contributed by atoms with Crippen LogP contribution < -0.4 is 0 Å². The van der Waals surface area contributed by atoms with Crippen molar-refractivity contribution in [1.82, 2.24) is 0 Å². The lowest BCUT2D eigenvalue weighted by molar-refractivity contribution is 1.59. The van der Waals surface area contributed by atoms with Crippen molar-refractivity contribution in [2.75, 3.05) is 0 Å². The van der Waals surface area contributed by atoms with E-state index in [1.807, 2.05) is 11.3 Å². The summed E-state index contributed by atoms with van der Waals surface area (Å²) in [7, 11) is 0. The molecular weight excluding hydrogens is 224 g/mol. The molecule has 2 aliphatic rings. The number of hydrogen-bond donors (Lipinski definition) is 0. The summed E-state index contributed by atoms with van der Waals surface area (Å²) in [4.78, 5) is 2.79. The van der Waals surface area contributed by atoms with Crippen LogP contribution in [0.3, 0.4) is 0 Å². The topological polar surface area (TPSA) is 0 Å². The van der Waals surface area contributed by atoms with Crippen molar-refractivity contribution >= 4 is 11.3 Å². The summed E-state index contributed by atoms with van der Waals surface area (Å²) in [6, 6.07) is 17.5. The quantitative estimate of drug-likeness (QED) is 0.551. The fraction of sp³-hybridized carbons (Fsp3) is 0.125. The molecule has 0 N–H and O–H groups in total. The molecule has 1 heterocycles. The third kappa shape index (κ3) is 1.87. The molecule has 0 unspecified atom stereocenters. The molecule has 3 rings (SSSR count). The zero-order valence-electron chi connectivity index (χ0n) is 10.0. The summed E-state index contributed by atoms with van der Waals surface area (Å²) in [6.07, 6.45) is 0. The van der Waals surface area contributed by atoms with Gasteiger partial charge in [-0.2, -0.15) is 0 Å². The van der Waals surface area contributed by atoms with E-state index in [9.17, 15) is 0 Å². The summed E-state index contributed by atoms with van der Waals surface area (Å²) in [6.45, 7) is 4.37. The molecule has 0 nitrogen and oxygen atoms in total. The van der Waals surface area contributed by atoms with Crippen LogP contribution in [0.15, 0.2) is 48.5 Å². The number of fused-ring (bicyclic) bond motifs is 1. The first kappa shape index (κ1) is 10.5. The van der Waals surface area contributed by atoms with Gasteiger partial charge in [0.2, 0.25) is 0 Å². The largest absolute Gasteiger partial charge is 0.145 e. The molecule has 84 valence electrons. The third-order valence-electron chi connectivity index (χ3n) is 3.08. The molecule has 0 atom stereocenters. The van der Waals surface area contributed by atoms with Crippen LogP contribution in [0.4, 0.5) is 0 Å². The molecule has 0 saturated carbocycles. The Balaban J connectivity index is 2.20. The average Bonchev–Trinajstić information content (AvgIpc) is 2.76. The Morgan fingerprint density at radius 3 is 1.94 bits per heavy atom. The highest BCUT2D eigenvalue weighted by atomic mass is 32.1. The van der Waals surface area contributed by atoms with E-state index in [1.165, 1.54) is 32.0 Å². The van der Waals surface area contributed by atoms with Crippen molar-refractivity contribution in [3.63, 3.8) is 0 Å². The first-order valence-corrected chi connectivity index (χ1v) is 6.62. The van der Waals surface area contributed by atoms with Crippen molar-refractivity contribution in [1.29, 1.82) is 0 Å². The van der Waals surface area contributed by atoms with Crippen molar-refractivity contribution in [3.8, 4) is 22.3 Å². The van der Waals surface area contributed by atoms with Crippen molar-refractivity contribution in [3.05, 3.63) is 58.3 Å². The predicted octanol–water partition coefficient (Wildman–Crippen LogP) is 5.14. The van der Waals surface area contributed by atoms with Crippen molar-refractivity contribution in [2.45, 2.75) is 13.8 Å². The fourth-order valence-corrected chi connectivity index (χ4v) is 3.23. The summed E-state index contributed by atoms with van der Waals surface area (Å²) in [5, 5.41) is 0. The lowest BCUT2D eigenvalue weighted by Gasteiger charge is -1.93. The highest BCUT2D eigenvalue weighted by molar-refractivity contribution is 7.12. The minimum absolute atomic E-state index is 1.31. The van der Waals surface area contributed by atoms with Gasteiger partial charge < -0.3 is 0 Å². The maximum atomic E-state index is 2.29. The fourth-order valence-electron chi connectivity index (χ4n) is 2.29. The van der Waals surface area contributed by atoms with Gasteiger partial charge in [0, 0.05) is 9.75 Å². The van der Waals surface area contributed by atoms with Gasteiger partial charge in [-0.1, -0.05) is 30.3 Å². The Kier molecular flexibility index (Phi) is 2.49. The van der Waals surface area contributed by atoms with Crippen LogP contribution in [0.2, 0.25) is 0 Å². The van der Waals surface area contributed by atoms with Gasteiger partial charge in [0.15, 0.2) is 0 Å². The molecule has 1 aromatic rings. The zero-order chi connectivity index (χ0) is 11.8. The van der Waals surface area contributed by atoms with Crippen LogP contribution in [-0.4, -0.2) is 0 Å². The molecule has 0 aliphatic heterocycles. The second-order valence-electron chi connectivity index (χ2n) is 4.39. The van der Waals surface area contributed by atoms with Gasteiger partial charge >= 0.3 is 0 Å². The Morgan fingerprint density at radius 1 is 0.765 bits per heavy atom. The van der Waals surface area contributed by atoms with Gasteiger partial charge in [-0.05, 0) is 54.3 Å². The van der Waals surface area contributed by atoms with E-state index in [4.69, 9.17) is 0 Å². The third-order valence-corrected chi connectivity index (χ3v) is 4.05. The van der Waals surface area contributed by atoms with Gasteiger partial charge in [0.05, 0.1) is 0 Å². The monoisotopic (exact) mass is 238 g/mol. The molecule has 0 fully saturated rings. The van der Waals surface area contributed by atoms with Crippen LogP contribution in [0.1, 0.15) is 9.75 Å². The van der Waals surface area contributed by atoms with Gasteiger partial charge in [0.25, 0.3) is 0 Å². The van der Waals surface area contributed by atoms with E-state index in [-0.39, 0.29) is 0 Å². The molecule has 1 heteroatoms. The lowest BCUT2D eigenvalue weighted by Crippen LogP contribution is -1.69. The maximum Gasteiger partial charge on any atom is 0.00954 e.